The van der Waals surface area contributed by atoms with Gasteiger partial charge in [-0.05, 0) is 70.1 Å². The molecule has 1 aliphatic carbocycles. The van der Waals surface area contributed by atoms with Crippen molar-refractivity contribution in [3.63, 3.8) is 0 Å². The smallest absolute Gasteiger partial charge is 0.449 e. The standard InChI is InChI=1S/C22H29N3O4/c1-14(2)25(21(26)17-10-8-15(3)9-11-17)20-19(29-22(27)28)13-24(23-20)18-7-5-6-16(4)12-18/h5-7,12-15,17H,8-11H2,1-4H3,(H,27,28)/t15-,17-. The number of aromatic nitrogens is 2. The lowest BCUT2D eigenvalue weighted by Crippen LogP contribution is -2.42. The van der Waals surface area contributed by atoms with Gasteiger partial charge in [0.25, 0.3) is 0 Å². The van der Waals surface area contributed by atoms with E-state index < -0.39 is 6.16 Å². The number of carbonyl (C=O) groups excluding carboxylic acids is 1. The molecule has 0 aliphatic heterocycles. The highest BCUT2D eigenvalue weighted by atomic mass is 16.7. The second-order valence-corrected chi connectivity index (χ2v) is 8.23. The highest BCUT2D eigenvalue weighted by molar-refractivity contribution is 5.96. The normalized spacial score (nSPS) is 19.2. The number of aryl methyl sites for hydroxylation is 1. The van der Waals surface area contributed by atoms with Crippen molar-refractivity contribution in [2.24, 2.45) is 11.8 Å². The summed E-state index contributed by atoms with van der Waals surface area (Å²) in [6.45, 7) is 7.99. The summed E-state index contributed by atoms with van der Waals surface area (Å²) in [5.74, 6) is 0.850. The molecule has 1 aromatic carbocycles. The number of hydrogen-bond acceptors (Lipinski definition) is 4. The lowest BCUT2D eigenvalue weighted by Gasteiger charge is -2.32. The van der Waals surface area contributed by atoms with Crippen molar-refractivity contribution in [3.05, 3.63) is 36.0 Å². The molecular weight excluding hydrogens is 370 g/mol. The van der Waals surface area contributed by atoms with Crippen LogP contribution in [0.3, 0.4) is 0 Å². The van der Waals surface area contributed by atoms with E-state index in [1.165, 1.54) is 6.20 Å². The van der Waals surface area contributed by atoms with Gasteiger partial charge < -0.3 is 9.84 Å². The molecule has 7 nitrogen and oxygen atoms in total. The molecular formula is C22H29N3O4. The largest absolute Gasteiger partial charge is 0.511 e. The van der Waals surface area contributed by atoms with Crippen LogP contribution in [0.1, 0.15) is 52.0 Å². The quantitative estimate of drug-likeness (QED) is 0.730. The van der Waals surface area contributed by atoms with Crippen LogP contribution in [0.4, 0.5) is 10.6 Å². The minimum Gasteiger partial charge on any atom is -0.449 e. The fourth-order valence-electron chi connectivity index (χ4n) is 3.89. The zero-order valence-corrected chi connectivity index (χ0v) is 17.5. The van der Waals surface area contributed by atoms with Crippen LogP contribution in [0.2, 0.25) is 0 Å². The molecule has 3 rings (SSSR count). The minimum absolute atomic E-state index is 0.0170. The Bertz CT molecular complexity index is 882. The Hall–Kier alpha value is -2.83. The van der Waals surface area contributed by atoms with Crippen molar-refractivity contribution >= 4 is 17.9 Å². The molecule has 1 amide bonds. The summed E-state index contributed by atoms with van der Waals surface area (Å²) in [4.78, 5) is 26.2. The van der Waals surface area contributed by atoms with Gasteiger partial charge in [0, 0.05) is 12.0 Å². The van der Waals surface area contributed by atoms with Gasteiger partial charge in [-0.2, -0.15) is 0 Å². The lowest BCUT2D eigenvalue weighted by molar-refractivity contribution is -0.124. The molecule has 1 saturated carbocycles. The second kappa shape index (κ2) is 8.68. The van der Waals surface area contributed by atoms with E-state index >= 15 is 0 Å². The topological polar surface area (TPSA) is 84.7 Å². The van der Waals surface area contributed by atoms with E-state index in [-0.39, 0.29) is 29.4 Å². The number of carbonyl (C=O) groups is 2. The molecule has 0 bridgehead atoms. The Morgan fingerprint density at radius 2 is 1.93 bits per heavy atom. The van der Waals surface area contributed by atoms with E-state index in [4.69, 9.17) is 4.74 Å². The molecule has 1 N–H and O–H groups in total. The van der Waals surface area contributed by atoms with Crippen molar-refractivity contribution in [2.75, 3.05) is 4.90 Å². The fourth-order valence-corrected chi connectivity index (χ4v) is 3.89. The van der Waals surface area contributed by atoms with E-state index in [0.717, 1.165) is 36.9 Å². The van der Waals surface area contributed by atoms with Crippen LogP contribution >= 0.6 is 0 Å². The van der Waals surface area contributed by atoms with E-state index in [9.17, 15) is 14.7 Å². The van der Waals surface area contributed by atoms with Crippen LogP contribution in [-0.2, 0) is 4.79 Å². The van der Waals surface area contributed by atoms with Crippen LogP contribution in [0, 0.1) is 18.8 Å². The minimum atomic E-state index is -1.43. The molecule has 7 heteroatoms. The van der Waals surface area contributed by atoms with Crippen molar-refractivity contribution < 1.29 is 19.4 Å². The summed E-state index contributed by atoms with van der Waals surface area (Å²) in [6.07, 6.45) is 3.83. The van der Waals surface area contributed by atoms with Gasteiger partial charge in [0.2, 0.25) is 11.7 Å². The summed E-state index contributed by atoms with van der Waals surface area (Å²) < 4.78 is 6.56. The number of amides is 1. The molecule has 156 valence electrons. The van der Waals surface area contributed by atoms with E-state index in [1.54, 1.807) is 9.58 Å². The molecule has 1 heterocycles. The van der Waals surface area contributed by atoms with Gasteiger partial charge in [-0.15, -0.1) is 5.10 Å². The first-order valence-electron chi connectivity index (χ1n) is 10.2. The van der Waals surface area contributed by atoms with Gasteiger partial charge in [-0.3, -0.25) is 9.69 Å². The molecule has 0 atom stereocenters. The first-order valence-corrected chi connectivity index (χ1v) is 10.2. The summed E-state index contributed by atoms with van der Waals surface area (Å²) >= 11 is 0. The molecule has 1 fully saturated rings. The van der Waals surface area contributed by atoms with Gasteiger partial charge in [0.05, 0.1) is 11.9 Å². The van der Waals surface area contributed by atoms with E-state index in [0.29, 0.717) is 5.92 Å². The van der Waals surface area contributed by atoms with Crippen LogP contribution in [0.25, 0.3) is 5.69 Å². The number of benzene rings is 1. The maximum absolute atomic E-state index is 13.4. The number of rotatable bonds is 5. The second-order valence-electron chi connectivity index (χ2n) is 8.23. The first kappa shape index (κ1) is 20.9. The number of hydrogen-bond donors (Lipinski definition) is 1. The van der Waals surface area contributed by atoms with Crippen LogP contribution in [-0.4, -0.2) is 33.0 Å². The van der Waals surface area contributed by atoms with E-state index in [1.807, 2.05) is 45.0 Å². The third-order valence-electron chi connectivity index (χ3n) is 5.47. The Balaban J connectivity index is 2.00. The number of nitrogens with zero attached hydrogens (tertiary/aromatic N) is 3. The molecule has 29 heavy (non-hydrogen) atoms. The third kappa shape index (κ3) is 4.78. The molecule has 0 spiro atoms. The van der Waals surface area contributed by atoms with Gasteiger partial charge >= 0.3 is 6.16 Å². The highest BCUT2D eigenvalue weighted by Gasteiger charge is 2.34. The lowest BCUT2D eigenvalue weighted by atomic mass is 9.82. The van der Waals surface area contributed by atoms with Gasteiger partial charge in [0.1, 0.15) is 0 Å². The van der Waals surface area contributed by atoms with Crippen LogP contribution in [0.15, 0.2) is 30.5 Å². The van der Waals surface area contributed by atoms with Crippen molar-refractivity contribution in [1.82, 2.24) is 9.78 Å². The monoisotopic (exact) mass is 399 g/mol. The average molecular weight is 399 g/mol. The van der Waals surface area contributed by atoms with Crippen LogP contribution in [0.5, 0.6) is 5.75 Å². The fraction of sp³-hybridized carbons (Fsp3) is 0.500. The Morgan fingerprint density at radius 3 is 2.52 bits per heavy atom. The summed E-state index contributed by atoms with van der Waals surface area (Å²) in [5, 5.41) is 13.7. The summed E-state index contributed by atoms with van der Waals surface area (Å²) in [7, 11) is 0. The molecule has 1 aliphatic rings. The molecule has 0 unspecified atom stereocenters. The average Bonchev–Trinajstić information content (AvgIpc) is 3.05. The number of carboxylic acid groups (broad SMARTS) is 1. The van der Waals surface area contributed by atoms with Crippen molar-refractivity contribution in [1.29, 1.82) is 0 Å². The van der Waals surface area contributed by atoms with Crippen molar-refractivity contribution in [3.8, 4) is 11.4 Å². The Morgan fingerprint density at radius 1 is 1.24 bits per heavy atom. The summed E-state index contributed by atoms with van der Waals surface area (Å²) in [6, 6.07) is 7.50. The van der Waals surface area contributed by atoms with Gasteiger partial charge in [-0.1, -0.05) is 19.1 Å². The van der Waals surface area contributed by atoms with Crippen LogP contribution < -0.4 is 9.64 Å². The third-order valence-corrected chi connectivity index (χ3v) is 5.47. The van der Waals surface area contributed by atoms with Gasteiger partial charge in [-0.25, -0.2) is 9.48 Å². The molecule has 0 radical (unpaired) electrons. The molecule has 0 saturated heterocycles. The highest BCUT2D eigenvalue weighted by Crippen LogP contribution is 2.35. The zero-order valence-electron chi connectivity index (χ0n) is 17.5. The number of anilines is 1. The Labute approximate surface area is 171 Å². The molecule has 2 aromatic rings. The first-order chi connectivity index (χ1) is 13.8. The molecule has 1 aromatic heterocycles. The predicted octanol–water partition coefficient (Wildman–Crippen LogP) is 4.81. The van der Waals surface area contributed by atoms with Gasteiger partial charge in [0.15, 0.2) is 5.75 Å². The van der Waals surface area contributed by atoms with Crippen molar-refractivity contribution in [2.45, 2.75) is 59.4 Å². The zero-order chi connectivity index (χ0) is 21.1. The maximum atomic E-state index is 13.4. The SMILES string of the molecule is Cc1cccc(-n2cc(OC(=O)O)c(N(C(=O)[C@H]3CC[C@H](C)CC3)C(C)C)n2)c1. The predicted molar refractivity (Wildman–Crippen MR) is 111 cm³/mol. The van der Waals surface area contributed by atoms with E-state index in [2.05, 4.69) is 12.0 Å². The summed E-state index contributed by atoms with van der Waals surface area (Å²) in [5.41, 5.74) is 1.82. The Kier molecular flexibility index (Phi) is 6.25. The number of ether oxygens (including phenoxy) is 1. The maximum Gasteiger partial charge on any atom is 0.511 e.